The normalized spacial score (nSPS) is 11.3. The maximum Gasteiger partial charge on any atom is 0.356 e. The van der Waals surface area contributed by atoms with Crippen LogP contribution < -0.4 is 5.32 Å². The van der Waals surface area contributed by atoms with E-state index in [-0.39, 0.29) is 11.1 Å². The number of unbranched alkanes of at least 4 members (excludes halogenated alkanes) is 2. The van der Waals surface area contributed by atoms with Crippen molar-refractivity contribution in [2.24, 2.45) is 5.41 Å². The zero-order valence-electron chi connectivity index (χ0n) is 11.9. The second kappa shape index (κ2) is 7.07. The predicted molar refractivity (Wildman–Crippen MR) is 75.4 cm³/mol. The summed E-state index contributed by atoms with van der Waals surface area (Å²) in [5.41, 5.74) is 0.162. The quantitative estimate of drug-likeness (QED) is 0.706. The van der Waals surface area contributed by atoms with Crippen molar-refractivity contribution >= 4 is 11.8 Å². The van der Waals surface area contributed by atoms with Crippen LogP contribution in [0, 0.1) is 5.41 Å². The molecule has 0 aliphatic carbocycles. The Kier molecular flexibility index (Phi) is 5.73. The van der Waals surface area contributed by atoms with E-state index < -0.39 is 5.97 Å². The fourth-order valence-electron chi connectivity index (χ4n) is 1.81. The highest BCUT2D eigenvalue weighted by Crippen LogP contribution is 2.23. The van der Waals surface area contributed by atoms with Gasteiger partial charge in [0.25, 0.3) is 0 Å². The van der Waals surface area contributed by atoms with Gasteiger partial charge in [0.2, 0.25) is 0 Å². The molecule has 0 bridgehead atoms. The van der Waals surface area contributed by atoms with E-state index >= 15 is 0 Å². The molecule has 0 saturated carbocycles. The first-order chi connectivity index (χ1) is 8.94. The van der Waals surface area contributed by atoms with Crippen molar-refractivity contribution in [1.82, 2.24) is 10.2 Å². The molecule has 5 nitrogen and oxygen atoms in total. The summed E-state index contributed by atoms with van der Waals surface area (Å²) >= 11 is 0. The maximum atomic E-state index is 10.7. The summed E-state index contributed by atoms with van der Waals surface area (Å²) < 4.78 is 0. The van der Waals surface area contributed by atoms with Gasteiger partial charge in [-0.1, -0.05) is 40.0 Å². The summed E-state index contributed by atoms with van der Waals surface area (Å²) in [6, 6.07) is 3.11. The largest absolute Gasteiger partial charge is 0.476 e. The predicted octanol–water partition coefficient (Wildman–Crippen LogP) is 3.19. The van der Waals surface area contributed by atoms with Gasteiger partial charge < -0.3 is 10.4 Å². The minimum Gasteiger partial charge on any atom is -0.476 e. The summed E-state index contributed by atoms with van der Waals surface area (Å²) in [5, 5.41) is 19.4. The standard InChI is InChI=1S/C14H23N3O2/c1-4-5-6-9-14(2,3)10-15-12-8-7-11(13(18)19)16-17-12/h7-8H,4-6,9-10H2,1-3H3,(H,15,17)(H,18,19). The van der Waals surface area contributed by atoms with Crippen LogP contribution in [0.3, 0.4) is 0 Å². The van der Waals surface area contributed by atoms with Gasteiger partial charge in [0, 0.05) is 6.54 Å². The maximum absolute atomic E-state index is 10.7. The Labute approximate surface area is 114 Å². The SMILES string of the molecule is CCCCCC(C)(C)CNc1ccc(C(=O)O)nn1. The number of anilines is 1. The van der Waals surface area contributed by atoms with Crippen LogP contribution >= 0.6 is 0 Å². The van der Waals surface area contributed by atoms with Gasteiger partial charge in [0.15, 0.2) is 5.69 Å². The van der Waals surface area contributed by atoms with Gasteiger partial charge in [-0.25, -0.2) is 4.79 Å². The fraction of sp³-hybridized carbons (Fsp3) is 0.643. The van der Waals surface area contributed by atoms with Crippen LogP contribution in [-0.2, 0) is 0 Å². The monoisotopic (exact) mass is 265 g/mol. The lowest BCUT2D eigenvalue weighted by Gasteiger charge is -2.25. The van der Waals surface area contributed by atoms with Crippen LogP contribution in [0.25, 0.3) is 0 Å². The first kappa shape index (κ1) is 15.4. The second-order valence-electron chi connectivity index (χ2n) is 5.58. The molecule has 0 unspecified atom stereocenters. The van der Waals surface area contributed by atoms with E-state index in [1.54, 1.807) is 6.07 Å². The molecule has 0 aromatic carbocycles. The molecule has 1 aromatic rings. The van der Waals surface area contributed by atoms with E-state index in [1.165, 1.54) is 25.3 Å². The molecule has 0 atom stereocenters. The molecule has 0 aliphatic heterocycles. The minimum absolute atomic E-state index is 0.0345. The van der Waals surface area contributed by atoms with Gasteiger partial charge >= 0.3 is 5.97 Å². The van der Waals surface area contributed by atoms with E-state index in [4.69, 9.17) is 5.11 Å². The number of hydrogen-bond acceptors (Lipinski definition) is 4. The Balaban J connectivity index is 2.44. The number of hydrogen-bond donors (Lipinski definition) is 2. The van der Waals surface area contributed by atoms with Crippen molar-refractivity contribution in [2.75, 3.05) is 11.9 Å². The topological polar surface area (TPSA) is 75.1 Å². The number of nitrogens with one attached hydrogen (secondary N) is 1. The van der Waals surface area contributed by atoms with Crippen molar-refractivity contribution in [3.05, 3.63) is 17.8 Å². The molecule has 1 aromatic heterocycles. The van der Waals surface area contributed by atoms with Gasteiger partial charge in [-0.2, -0.15) is 0 Å². The number of aromatic nitrogens is 2. The molecule has 106 valence electrons. The Bertz CT molecular complexity index is 402. The molecular formula is C14H23N3O2. The molecule has 2 N–H and O–H groups in total. The molecule has 1 rings (SSSR count). The van der Waals surface area contributed by atoms with Gasteiger partial charge in [-0.3, -0.25) is 0 Å². The molecule has 5 heteroatoms. The lowest BCUT2D eigenvalue weighted by atomic mass is 9.87. The first-order valence-electron chi connectivity index (χ1n) is 6.75. The summed E-state index contributed by atoms with van der Waals surface area (Å²) in [6.07, 6.45) is 4.88. The zero-order valence-corrected chi connectivity index (χ0v) is 11.9. The third kappa shape index (κ3) is 5.68. The average molecular weight is 265 g/mol. The van der Waals surface area contributed by atoms with Gasteiger partial charge in [-0.05, 0) is 24.0 Å². The van der Waals surface area contributed by atoms with E-state index in [0.717, 1.165) is 13.0 Å². The second-order valence-corrected chi connectivity index (χ2v) is 5.58. The Morgan fingerprint density at radius 2 is 2.05 bits per heavy atom. The molecular weight excluding hydrogens is 242 g/mol. The Morgan fingerprint density at radius 1 is 1.32 bits per heavy atom. The zero-order chi connectivity index (χ0) is 14.3. The van der Waals surface area contributed by atoms with Crippen LogP contribution in [0.5, 0.6) is 0 Å². The molecule has 0 aliphatic rings. The first-order valence-corrected chi connectivity index (χ1v) is 6.75. The smallest absolute Gasteiger partial charge is 0.356 e. The lowest BCUT2D eigenvalue weighted by molar-refractivity contribution is 0.0689. The number of carboxylic acids is 1. The van der Waals surface area contributed by atoms with Crippen LogP contribution in [0.15, 0.2) is 12.1 Å². The van der Waals surface area contributed by atoms with E-state index in [2.05, 4.69) is 36.3 Å². The van der Waals surface area contributed by atoms with Gasteiger partial charge in [0.05, 0.1) is 0 Å². The lowest BCUT2D eigenvalue weighted by Crippen LogP contribution is -2.23. The average Bonchev–Trinajstić information content (AvgIpc) is 2.37. The summed E-state index contributed by atoms with van der Waals surface area (Å²) in [7, 11) is 0. The van der Waals surface area contributed by atoms with Crippen molar-refractivity contribution in [3.8, 4) is 0 Å². The summed E-state index contributed by atoms with van der Waals surface area (Å²) in [4.78, 5) is 10.7. The highest BCUT2D eigenvalue weighted by molar-refractivity contribution is 5.85. The van der Waals surface area contributed by atoms with Gasteiger partial charge in [-0.15, -0.1) is 10.2 Å². The van der Waals surface area contributed by atoms with Crippen LogP contribution in [0.2, 0.25) is 0 Å². The third-order valence-electron chi connectivity index (χ3n) is 3.09. The number of carboxylic acid groups (broad SMARTS) is 1. The molecule has 0 radical (unpaired) electrons. The van der Waals surface area contributed by atoms with Gasteiger partial charge in [0.1, 0.15) is 5.82 Å². The molecule has 0 amide bonds. The molecule has 19 heavy (non-hydrogen) atoms. The van der Waals surface area contributed by atoms with Crippen molar-refractivity contribution in [1.29, 1.82) is 0 Å². The van der Waals surface area contributed by atoms with Crippen molar-refractivity contribution in [3.63, 3.8) is 0 Å². The third-order valence-corrected chi connectivity index (χ3v) is 3.09. The van der Waals surface area contributed by atoms with Crippen LogP contribution in [0.1, 0.15) is 56.9 Å². The number of carbonyl (C=O) groups is 1. The van der Waals surface area contributed by atoms with Crippen molar-refractivity contribution in [2.45, 2.75) is 46.5 Å². The Morgan fingerprint density at radius 3 is 2.58 bits per heavy atom. The number of rotatable bonds is 8. The minimum atomic E-state index is -1.06. The van der Waals surface area contributed by atoms with Crippen LogP contribution in [-0.4, -0.2) is 27.8 Å². The molecule has 0 fully saturated rings. The molecule has 1 heterocycles. The number of nitrogens with zero attached hydrogens (tertiary/aromatic N) is 2. The summed E-state index contributed by atoms with van der Waals surface area (Å²) in [6.45, 7) is 7.44. The Hall–Kier alpha value is -1.65. The highest BCUT2D eigenvalue weighted by Gasteiger charge is 2.17. The summed E-state index contributed by atoms with van der Waals surface area (Å²) in [5.74, 6) is -0.437. The fourth-order valence-corrected chi connectivity index (χ4v) is 1.81. The van der Waals surface area contributed by atoms with E-state index in [9.17, 15) is 4.79 Å². The molecule has 0 saturated heterocycles. The van der Waals surface area contributed by atoms with E-state index in [0.29, 0.717) is 5.82 Å². The number of aromatic carboxylic acids is 1. The van der Waals surface area contributed by atoms with Crippen molar-refractivity contribution < 1.29 is 9.90 Å². The highest BCUT2D eigenvalue weighted by atomic mass is 16.4. The molecule has 0 spiro atoms. The van der Waals surface area contributed by atoms with Crippen LogP contribution in [0.4, 0.5) is 5.82 Å². The van der Waals surface area contributed by atoms with E-state index in [1.807, 2.05) is 0 Å².